The maximum absolute atomic E-state index is 11.6. The molecule has 0 saturated heterocycles. The first kappa shape index (κ1) is 17.4. The van der Waals surface area contributed by atoms with Crippen LogP contribution >= 0.6 is 0 Å². The molecule has 0 aromatic heterocycles. The Bertz CT molecular complexity index is 356. The summed E-state index contributed by atoms with van der Waals surface area (Å²) < 4.78 is 5.18. The molecule has 5 heteroatoms. The Morgan fingerprint density at radius 2 is 1.83 bits per heavy atom. The van der Waals surface area contributed by atoms with Gasteiger partial charge in [-0.15, -0.1) is 0 Å². The number of nitrogens with zero attached hydrogens (tertiary/aromatic N) is 1. The van der Waals surface area contributed by atoms with Crippen molar-refractivity contribution in [3.05, 3.63) is 29.8 Å². The summed E-state index contributed by atoms with van der Waals surface area (Å²) in [5.74, 6) is -0.294. The van der Waals surface area contributed by atoms with Crippen molar-refractivity contribution < 1.29 is 40.5 Å². The van der Waals surface area contributed by atoms with E-state index in [0.29, 0.717) is 17.9 Å². The van der Waals surface area contributed by atoms with Crippen molar-refractivity contribution in [3.63, 3.8) is 0 Å². The average molecular weight is 260 g/mol. The Balaban J connectivity index is 0. The molecule has 0 aliphatic carbocycles. The van der Waals surface area contributed by atoms with E-state index in [0.717, 1.165) is 19.6 Å². The second-order valence-electron chi connectivity index (χ2n) is 3.78. The maximum Gasteiger partial charge on any atom is 1.00 e. The minimum absolute atomic E-state index is 0. The minimum atomic E-state index is -0.294. The molecule has 2 N–H and O–H groups in total. The van der Waals surface area contributed by atoms with Crippen molar-refractivity contribution in [2.24, 2.45) is 0 Å². The fraction of sp³-hybridized carbons (Fsp3) is 0.462. The van der Waals surface area contributed by atoms with Gasteiger partial charge in [-0.3, -0.25) is 0 Å². The fourth-order valence-corrected chi connectivity index (χ4v) is 1.51. The van der Waals surface area contributed by atoms with Crippen molar-refractivity contribution in [1.29, 1.82) is 0 Å². The summed E-state index contributed by atoms with van der Waals surface area (Å²) in [6.07, 6.45) is 0. The number of ether oxygens (including phenoxy) is 1. The molecule has 18 heavy (non-hydrogen) atoms. The SMILES string of the molecule is CCN(CC)CCOC(=O)c1ccc(N)cc1.[H-].[Na+]. The first-order valence-corrected chi connectivity index (χ1v) is 5.92. The van der Waals surface area contributed by atoms with Crippen LogP contribution in [-0.2, 0) is 4.74 Å². The molecule has 0 saturated carbocycles. The molecule has 1 aromatic rings. The summed E-state index contributed by atoms with van der Waals surface area (Å²) in [4.78, 5) is 13.8. The molecule has 4 nitrogen and oxygen atoms in total. The number of hydrogen-bond donors (Lipinski definition) is 1. The Hall–Kier alpha value is -0.550. The zero-order valence-corrected chi connectivity index (χ0v) is 13.5. The fourth-order valence-electron chi connectivity index (χ4n) is 1.51. The molecule has 0 unspecified atom stereocenters. The van der Waals surface area contributed by atoms with Crippen LogP contribution in [0.3, 0.4) is 0 Å². The predicted molar refractivity (Wildman–Crippen MR) is 70.0 cm³/mol. The van der Waals surface area contributed by atoms with E-state index in [1.807, 2.05) is 0 Å². The first-order chi connectivity index (χ1) is 8.17. The van der Waals surface area contributed by atoms with E-state index >= 15 is 0 Å². The zero-order chi connectivity index (χ0) is 12.7. The second kappa shape index (κ2) is 9.39. The number of benzene rings is 1. The van der Waals surface area contributed by atoms with E-state index in [-0.39, 0.29) is 37.0 Å². The van der Waals surface area contributed by atoms with Gasteiger partial charge in [0.05, 0.1) is 5.56 Å². The van der Waals surface area contributed by atoms with Gasteiger partial charge in [0.25, 0.3) is 0 Å². The van der Waals surface area contributed by atoms with Crippen LogP contribution in [0.1, 0.15) is 25.6 Å². The Morgan fingerprint density at radius 3 is 2.33 bits per heavy atom. The van der Waals surface area contributed by atoms with Gasteiger partial charge in [0.15, 0.2) is 0 Å². The number of hydrogen-bond acceptors (Lipinski definition) is 4. The van der Waals surface area contributed by atoms with Gasteiger partial charge in [-0.1, -0.05) is 13.8 Å². The molecule has 0 spiro atoms. The summed E-state index contributed by atoms with van der Waals surface area (Å²) in [7, 11) is 0. The Labute approximate surface area is 132 Å². The average Bonchev–Trinajstić information content (AvgIpc) is 2.35. The van der Waals surface area contributed by atoms with E-state index in [1.54, 1.807) is 24.3 Å². The van der Waals surface area contributed by atoms with Crippen molar-refractivity contribution >= 4 is 11.7 Å². The molecule has 1 rings (SSSR count). The van der Waals surface area contributed by atoms with Crippen LogP contribution in [0.15, 0.2) is 24.3 Å². The van der Waals surface area contributed by atoms with Gasteiger partial charge in [0.2, 0.25) is 0 Å². The van der Waals surface area contributed by atoms with Crippen LogP contribution in [0.25, 0.3) is 0 Å². The smallest absolute Gasteiger partial charge is 1.00 e. The number of carbonyl (C=O) groups excluding carboxylic acids is 1. The predicted octanol–water partition coefficient (Wildman–Crippen LogP) is -1.12. The van der Waals surface area contributed by atoms with Gasteiger partial charge in [-0.25, -0.2) is 4.79 Å². The van der Waals surface area contributed by atoms with Crippen LogP contribution in [0, 0.1) is 0 Å². The van der Waals surface area contributed by atoms with Crippen molar-refractivity contribution in [2.75, 3.05) is 32.0 Å². The third-order valence-corrected chi connectivity index (χ3v) is 2.68. The monoisotopic (exact) mass is 260 g/mol. The third kappa shape index (κ3) is 5.87. The van der Waals surface area contributed by atoms with Gasteiger partial charge in [-0.05, 0) is 37.4 Å². The summed E-state index contributed by atoms with van der Waals surface area (Å²) in [5.41, 5.74) is 6.73. The molecular formula is C13H21N2NaO2. The number of nitrogens with two attached hydrogens (primary N) is 1. The van der Waals surface area contributed by atoms with Crippen LogP contribution in [-0.4, -0.2) is 37.1 Å². The number of carbonyl (C=O) groups is 1. The molecule has 0 heterocycles. The van der Waals surface area contributed by atoms with Crippen LogP contribution in [0.4, 0.5) is 5.69 Å². The quantitative estimate of drug-likeness (QED) is 0.400. The van der Waals surface area contributed by atoms with E-state index in [1.165, 1.54) is 0 Å². The molecule has 0 aliphatic rings. The molecule has 0 atom stereocenters. The van der Waals surface area contributed by atoms with Crippen LogP contribution in [0.2, 0.25) is 0 Å². The molecule has 1 aromatic carbocycles. The van der Waals surface area contributed by atoms with Gasteiger partial charge in [0.1, 0.15) is 6.61 Å². The number of rotatable bonds is 6. The number of likely N-dealkylation sites (N-methyl/N-ethyl adjacent to an activating group) is 1. The van der Waals surface area contributed by atoms with E-state index in [2.05, 4.69) is 18.7 Å². The number of nitrogen functional groups attached to an aromatic ring is 1. The maximum atomic E-state index is 11.6. The standard InChI is InChI=1S/C13H20N2O2.Na.H/c1-3-15(4-2)9-10-17-13(16)11-5-7-12(14)8-6-11;;/h5-8H,3-4,9-10,14H2,1-2H3;;/q;+1;-1. The van der Waals surface area contributed by atoms with Crippen molar-refractivity contribution in [1.82, 2.24) is 4.90 Å². The number of esters is 1. The molecule has 0 amide bonds. The van der Waals surface area contributed by atoms with E-state index < -0.39 is 0 Å². The molecule has 0 bridgehead atoms. The Kier molecular flexibility index (Phi) is 9.10. The first-order valence-electron chi connectivity index (χ1n) is 5.92. The minimum Gasteiger partial charge on any atom is -1.00 e. The topological polar surface area (TPSA) is 55.6 Å². The van der Waals surface area contributed by atoms with Crippen molar-refractivity contribution in [2.45, 2.75) is 13.8 Å². The van der Waals surface area contributed by atoms with Crippen LogP contribution < -0.4 is 35.3 Å². The molecule has 0 radical (unpaired) electrons. The van der Waals surface area contributed by atoms with Gasteiger partial charge >= 0.3 is 35.5 Å². The second-order valence-corrected chi connectivity index (χ2v) is 3.78. The third-order valence-electron chi connectivity index (χ3n) is 2.68. The van der Waals surface area contributed by atoms with Gasteiger partial charge < -0.3 is 16.8 Å². The molecule has 96 valence electrons. The number of anilines is 1. The zero-order valence-electron chi connectivity index (χ0n) is 12.5. The Morgan fingerprint density at radius 1 is 1.28 bits per heavy atom. The van der Waals surface area contributed by atoms with E-state index in [4.69, 9.17) is 10.5 Å². The van der Waals surface area contributed by atoms with Crippen molar-refractivity contribution in [3.8, 4) is 0 Å². The summed E-state index contributed by atoms with van der Waals surface area (Å²) >= 11 is 0. The summed E-state index contributed by atoms with van der Waals surface area (Å²) in [6, 6.07) is 6.74. The molecule has 0 aliphatic heterocycles. The normalized spacial score (nSPS) is 9.94. The summed E-state index contributed by atoms with van der Waals surface area (Å²) in [6.45, 7) is 7.31. The summed E-state index contributed by atoms with van der Waals surface area (Å²) in [5, 5.41) is 0. The van der Waals surface area contributed by atoms with Crippen LogP contribution in [0.5, 0.6) is 0 Å². The molecule has 0 fully saturated rings. The van der Waals surface area contributed by atoms with E-state index in [9.17, 15) is 4.79 Å². The largest absolute Gasteiger partial charge is 1.00 e. The van der Waals surface area contributed by atoms with Gasteiger partial charge in [-0.2, -0.15) is 0 Å². The molecular weight excluding hydrogens is 239 g/mol. The van der Waals surface area contributed by atoms with Gasteiger partial charge in [0, 0.05) is 12.2 Å².